The first-order valence-corrected chi connectivity index (χ1v) is 9.14. The number of amides is 2. The quantitative estimate of drug-likeness (QED) is 0.801. The molecule has 3 aliphatic rings. The number of carbonyl (C=O) groups is 2. The zero-order chi connectivity index (χ0) is 17.7. The molecule has 2 fully saturated rings. The molecule has 3 heterocycles. The second-order valence-electron chi connectivity index (χ2n) is 7.27. The first-order valence-electron chi connectivity index (χ1n) is 8.76. The van der Waals surface area contributed by atoms with Crippen LogP contribution >= 0.6 is 24.0 Å². The van der Waals surface area contributed by atoms with Gasteiger partial charge in [-0.25, -0.2) is 0 Å². The molecule has 2 N–H and O–H groups in total. The van der Waals surface area contributed by atoms with E-state index in [9.17, 15) is 9.59 Å². The highest BCUT2D eigenvalue weighted by atomic mass is 35.5. The van der Waals surface area contributed by atoms with E-state index < -0.39 is 6.10 Å². The third kappa shape index (κ3) is 3.38. The first-order chi connectivity index (χ1) is 11.9. The normalized spacial score (nSPS) is 29.9. The largest absolute Gasteiger partial charge is 0.478 e. The number of hydrogen-bond donors (Lipinski definition) is 2. The van der Waals surface area contributed by atoms with Gasteiger partial charge in [-0.2, -0.15) is 0 Å². The van der Waals surface area contributed by atoms with Crippen LogP contribution in [-0.4, -0.2) is 48.0 Å². The Balaban J connectivity index is 0.00000196. The fourth-order valence-corrected chi connectivity index (χ4v) is 4.46. The van der Waals surface area contributed by atoms with Gasteiger partial charge in [-0.3, -0.25) is 9.59 Å². The number of anilines is 1. The van der Waals surface area contributed by atoms with E-state index in [1.54, 1.807) is 19.1 Å². The van der Waals surface area contributed by atoms with E-state index in [0.717, 1.165) is 12.8 Å². The third-order valence-corrected chi connectivity index (χ3v) is 5.87. The van der Waals surface area contributed by atoms with Gasteiger partial charge in [0.1, 0.15) is 0 Å². The fraction of sp³-hybridized carbons (Fsp3) is 0.556. The van der Waals surface area contributed by atoms with Crippen LogP contribution in [0.15, 0.2) is 12.1 Å². The maximum Gasteiger partial charge on any atom is 0.265 e. The monoisotopic (exact) mass is 399 g/mol. The third-order valence-electron chi connectivity index (χ3n) is 5.65. The van der Waals surface area contributed by atoms with Gasteiger partial charge >= 0.3 is 0 Å². The summed E-state index contributed by atoms with van der Waals surface area (Å²) in [4.78, 5) is 27.1. The van der Waals surface area contributed by atoms with Gasteiger partial charge in [-0.1, -0.05) is 11.6 Å². The van der Waals surface area contributed by atoms with Crippen molar-refractivity contribution in [1.29, 1.82) is 0 Å². The number of hydrogen-bond acceptors (Lipinski definition) is 4. The fourth-order valence-electron chi connectivity index (χ4n) is 4.24. The molecule has 3 atom stereocenters. The standard InChI is InChI=1S/C18H22ClN3O3.ClH/c1-9-17(23)21-15-6-10(19)5-14(16(15)25-9)18(24)20-11-7-12-3-4-13(8-11)22(12)2;/h5-6,9,11-13H,3-4,7-8H2,1-2H3,(H,20,24)(H,21,23);1H. The highest BCUT2D eigenvalue weighted by molar-refractivity contribution is 6.31. The van der Waals surface area contributed by atoms with Gasteiger partial charge in [0.15, 0.2) is 11.9 Å². The zero-order valence-electron chi connectivity index (χ0n) is 14.8. The number of nitrogens with one attached hydrogen (secondary N) is 2. The van der Waals surface area contributed by atoms with Crippen LogP contribution in [-0.2, 0) is 4.79 Å². The SMILES string of the molecule is CC1Oc2c(cc(Cl)cc2C(=O)NC2CC3CCC(C2)N3C)NC1=O.Cl. The lowest BCUT2D eigenvalue weighted by Gasteiger charge is -2.36. The number of carbonyl (C=O) groups excluding carboxylic acids is 2. The summed E-state index contributed by atoms with van der Waals surface area (Å²) in [6.07, 6.45) is 3.70. The van der Waals surface area contributed by atoms with Crippen LogP contribution in [0.2, 0.25) is 5.02 Å². The molecule has 2 saturated heterocycles. The van der Waals surface area contributed by atoms with Gasteiger partial charge in [0.2, 0.25) is 0 Å². The summed E-state index contributed by atoms with van der Waals surface area (Å²) in [6.45, 7) is 1.66. The maximum absolute atomic E-state index is 12.9. The second-order valence-corrected chi connectivity index (χ2v) is 7.71. The van der Waals surface area contributed by atoms with E-state index >= 15 is 0 Å². The van der Waals surface area contributed by atoms with Gasteiger partial charge < -0.3 is 20.3 Å². The van der Waals surface area contributed by atoms with E-state index in [4.69, 9.17) is 16.3 Å². The highest BCUT2D eigenvalue weighted by Gasteiger charge is 2.39. The molecule has 8 heteroatoms. The van der Waals surface area contributed by atoms with Crippen LogP contribution in [0.3, 0.4) is 0 Å². The predicted octanol–water partition coefficient (Wildman–Crippen LogP) is 2.84. The van der Waals surface area contributed by atoms with E-state index in [-0.39, 0.29) is 30.3 Å². The lowest BCUT2D eigenvalue weighted by atomic mass is 9.97. The minimum atomic E-state index is -0.639. The Kier molecular flexibility index (Phi) is 5.37. The molecule has 0 aliphatic carbocycles. The van der Waals surface area contributed by atoms with Crippen molar-refractivity contribution in [3.8, 4) is 5.75 Å². The molecular formula is C18H23Cl2N3O3. The molecule has 26 heavy (non-hydrogen) atoms. The van der Waals surface area contributed by atoms with Gasteiger partial charge in [-0.05, 0) is 51.8 Å². The molecule has 0 radical (unpaired) electrons. The average molecular weight is 400 g/mol. The van der Waals surface area contributed by atoms with Gasteiger partial charge in [0.05, 0.1) is 11.3 Å². The van der Waals surface area contributed by atoms with E-state index in [0.29, 0.717) is 34.1 Å². The molecule has 4 rings (SSSR count). The van der Waals surface area contributed by atoms with Crippen molar-refractivity contribution in [2.24, 2.45) is 0 Å². The van der Waals surface area contributed by atoms with Gasteiger partial charge in [0.25, 0.3) is 11.8 Å². The average Bonchev–Trinajstić information content (AvgIpc) is 2.78. The topological polar surface area (TPSA) is 70.7 Å². The molecular weight excluding hydrogens is 377 g/mol. The van der Waals surface area contributed by atoms with Crippen LogP contribution in [0.5, 0.6) is 5.75 Å². The molecule has 0 saturated carbocycles. The Morgan fingerprint density at radius 1 is 1.31 bits per heavy atom. The summed E-state index contributed by atoms with van der Waals surface area (Å²) >= 11 is 6.13. The lowest BCUT2D eigenvalue weighted by Crippen LogP contribution is -2.48. The maximum atomic E-state index is 12.9. The minimum Gasteiger partial charge on any atom is -0.478 e. The van der Waals surface area contributed by atoms with Gasteiger partial charge in [-0.15, -0.1) is 12.4 Å². The lowest BCUT2D eigenvalue weighted by molar-refractivity contribution is -0.122. The number of rotatable bonds is 2. The molecule has 6 nitrogen and oxygen atoms in total. The second kappa shape index (κ2) is 7.25. The summed E-state index contributed by atoms with van der Waals surface area (Å²) in [7, 11) is 2.17. The summed E-state index contributed by atoms with van der Waals surface area (Å²) in [6, 6.07) is 4.46. The number of piperidine rings is 1. The van der Waals surface area contributed by atoms with Crippen molar-refractivity contribution >= 4 is 41.5 Å². The smallest absolute Gasteiger partial charge is 0.265 e. The molecule has 3 aliphatic heterocycles. The molecule has 1 aromatic carbocycles. The van der Waals surface area contributed by atoms with E-state index in [1.807, 2.05) is 0 Å². The van der Waals surface area contributed by atoms with Crippen molar-refractivity contribution in [3.63, 3.8) is 0 Å². The van der Waals surface area contributed by atoms with Gasteiger partial charge in [0, 0.05) is 23.1 Å². The van der Waals surface area contributed by atoms with Crippen molar-refractivity contribution in [2.75, 3.05) is 12.4 Å². The first kappa shape index (κ1) is 19.3. The molecule has 2 bridgehead atoms. The number of fused-ring (bicyclic) bond motifs is 3. The highest BCUT2D eigenvalue weighted by Crippen LogP contribution is 2.37. The molecule has 3 unspecified atom stereocenters. The summed E-state index contributed by atoms with van der Waals surface area (Å²) in [5.74, 6) is -0.0473. The van der Waals surface area contributed by atoms with Crippen LogP contribution in [0.4, 0.5) is 5.69 Å². The molecule has 142 valence electrons. The van der Waals surface area contributed by atoms with Crippen molar-refractivity contribution < 1.29 is 14.3 Å². The number of ether oxygens (including phenoxy) is 1. The van der Waals surface area contributed by atoms with Crippen molar-refractivity contribution in [3.05, 3.63) is 22.7 Å². The zero-order valence-corrected chi connectivity index (χ0v) is 16.3. The summed E-state index contributed by atoms with van der Waals surface area (Å²) < 4.78 is 5.67. The molecule has 2 amide bonds. The Morgan fingerprint density at radius 3 is 2.62 bits per heavy atom. The Hall–Kier alpha value is -1.50. The number of benzene rings is 1. The van der Waals surface area contributed by atoms with E-state index in [1.165, 1.54) is 12.8 Å². The van der Waals surface area contributed by atoms with Crippen LogP contribution in [0, 0.1) is 0 Å². The van der Waals surface area contributed by atoms with Crippen LogP contribution in [0.1, 0.15) is 43.0 Å². The molecule has 0 spiro atoms. The van der Waals surface area contributed by atoms with E-state index in [2.05, 4.69) is 22.6 Å². The summed E-state index contributed by atoms with van der Waals surface area (Å²) in [5.41, 5.74) is 0.824. The molecule has 0 aromatic heterocycles. The number of nitrogens with zero attached hydrogens (tertiary/aromatic N) is 1. The Bertz CT molecular complexity index is 729. The number of halogens is 2. The Morgan fingerprint density at radius 2 is 1.96 bits per heavy atom. The minimum absolute atomic E-state index is 0. The summed E-state index contributed by atoms with van der Waals surface area (Å²) in [5, 5.41) is 6.28. The van der Waals surface area contributed by atoms with Crippen molar-refractivity contribution in [1.82, 2.24) is 10.2 Å². The Labute approximate surface area is 164 Å². The van der Waals surface area contributed by atoms with Crippen molar-refractivity contribution in [2.45, 2.75) is 56.8 Å². The molecule has 1 aromatic rings. The van der Waals surface area contributed by atoms with Crippen LogP contribution < -0.4 is 15.4 Å². The van der Waals surface area contributed by atoms with Crippen LogP contribution in [0.25, 0.3) is 0 Å². The predicted molar refractivity (Wildman–Crippen MR) is 102 cm³/mol.